The van der Waals surface area contributed by atoms with Crippen LogP contribution in [0.4, 0.5) is 30.2 Å². The summed E-state index contributed by atoms with van der Waals surface area (Å²) in [6.45, 7) is 11.3. The lowest BCUT2D eigenvalue weighted by atomic mass is 9.96. The number of anilines is 3. The van der Waals surface area contributed by atoms with E-state index in [1.165, 1.54) is 92.9 Å². The van der Waals surface area contributed by atoms with Gasteiger partial charge in [-0.2, -0.15) is 0 Å². The largest absolute Gasteiger partial charge is 0.399 e. The van der Waals surface area contributed by atoms with Gasteiger partial charge in [0.25, 0.3) is 0 Å². The first-order valence-corrected chi connectivity index (χ1v) is 40.8. The van der Waals surface area contributed by atoms with Gasteiger partial charge in [0.05, 0.1) is 47.4 Å². The van der Waals surface area contributed by atoms with E-state index >= 15 is 0 Å². The highest BCUT2D eigenvalue weighted by Gasteiger charge is 2.24. The Balaban J connectivity index is 0.000000182. The molecule has 125 heavy (non-hydrogen) atoms. The molecule has 0 aliphatic carbocycles. The molecule has 8 aromatic rings. The molecule has 0 bridgehead atoms. The minimum atomic E-state index is -0.251. The topological polar surface area (TPSA) is 129 Å². The number of hydrogen-bond donors (Lipinski definition) is 2. The zero-order valence-corrected chi connectivity index (χ0v) is 71.0. The van der Waals surface area contributed by atoms with Gasteiger partial charge in [-0.25, -0.2) is 13.2 Å². The third-order valence-corrected chi connectivity index (χ3v) is 20.2. The maximum absolute atomic E-state index is 13.4. The number of aromatic nitrogens is 1. The van der Waals surface area contributed by atoms with Crippen molar-refractivity contribution < 1.29 is 32.1 Å². The smallest absolute Gasteiger partial charge is 0.123 e. The maximum atomic E-state index is 13.4. The van der Waals surface area contributed by atoms with Crippen LogP contribution in [0.15, 0.2) is 152 Å². The number of nitrogen functional groups attached to an aromatic ring is 1. The number of aliphatic imine (C=N–C) groups is 4. The van der Waals surface area contributed by atoms with Crippen molar-refractivity contribution in [2.24, 2.45) is 37.7 Å². The van der Waals surface area contributed by atoms with Crippen molar-refractivity contribution in [2.45, 2.75) is 97.8 Å². The van der Waals surface area contributed by atoms with E-state index in [0.717, 1.165) is 183 Å². The number of rotatable bonds is 4. The average Bonchev–Trinajstić information content (AvgIpc) is 1.60. The predicted octanol–water partition coefficient (Wildman–Crippen LogP) is 19.0. The molecule has 1 aromatic heterocycles. The lowest BCUT2D eigenvalue weighted by Crippen LogP contribution is -2.16. The van der Waals surface area contributed by atoms with Crippen molar-refractivity contribution in [1.29, 1.82) is 0 Å². The summed E-state index contributed by atoms with van der Waals surface area (Å²) in [6, 6.07) is 37.8. The Bertz CT molecular complexity index is 6320. The summed E-state index contributed by atoms with van der Waals surface area (Å²) in [7, 11) is 0. The van der Waals surface area contributed by atoms with E-state index < -0.39 is 0 Å². The highest BCUT2D eigenvalue weighted by molar-refractivity contribution is 9.10. The Morgan fingerprint density at radius 2 is 0.792 bits per heavy atom. The number of halogens is 6. The molecule has 4 fully saturated rings. The van der Waals surface area contributed by atoms with Crippen LogP contribution in [-0.4, -0.2) is 82.3 Å². The van der Waals surface area contributed by atoms with Gasteiger partial charge in [-0.15, -0.1) is 31.6 Å². The number of nitrogens with zero attached hydrogens (tertiary/aromatic N) is 5. The first-order valence-electron chi connectivity index (χ1n) is 39.3. The number of terminal acetylenes is 4. The highest BCUT2D eigenvalue weighted by Crippen LogP contribution is 2.37. The third-order valence-electron chi connectivity index (χ3n) is 18.7. The number of nitrogens with one attached hydrogen (secondary N) is 1. The Morgan fingerprint density at radius 1 is 0.424 bits per heavy atom. The molecule has 0 unspecified atom stereocenters. The van der Waals surface area contributed by atoms with Crippen LogP contribution in [0.5, 0.6) is 0 Å². The lowest BCUT2D eigenvalue weighted by molar-refractivity contribution is 0.0806. The number of benzene rings is 7. The van der Waals surface area contributed by atoms with Gasteiger partial charge in [0.1, 0.15) is 17.5 Å². The summed E-state index contributed by atoms with van der Waals surface area (Å²) in [4.78, 5) is 17.1. The predicted molar refractivity (Wildman–Crippen MR) is 506 cm³/mol. The Hall–Kier alpha value is -14.4. The molecular formula is C108H83BrCl2F3N7O4. The molecule has 7 aromatic carbocycles. The van der Waals surface area contributed by atoms with Crippen molar-refractivity contribution in [3.05, 3.63) is 221 Å². The quantitative estimate of drug-likeness (QED) is 0.133. The highest BCUT2D eigenvalue weighted by atomic mass is 79.9. The Labute approximate surface area is 752 Å². The molecule has 3 N–H and O–H groups in total. The molecular weight excluding hydrogens is 1670 g/mol. The molecule has 16 rings (SSSR count). The minimum absolute atomic E-state index is 0. The number of nitrogens with two attached hydrogens (primary N) is 1. The molecule has 4 saturated heterocycles. The van der Waals surface area contributed by atoms with Gasteiger partial charge >= 0.3 is 0 Å². The summed E-state index contributed by atoms with van der Waals surface area (Å²) in [5.74, 6) is 77.3. The lowest BCUT2D eigenvalue weighted by Gasteiger charge is -2.24. The van der Waals surface area contributed by atoms with Gasteiger partial charge in [-0.1, -0.05) is 60.2 Å². The SMILES string of the molecule is C.C#CC#CC#CC#CC#CC#CC#C.C#CC#CC#CC#CC#CC#CC#CC.C#CC1CCOCC1.Clc1cc2c(cc1Br)CN=C2.Clc1cc2c(cc1C#CC1CCOCC1)CN=C2.Fc1ccc(-n2c(C3CCOCC3)cc3cc4c(cc32)C=NC4)cc1.Fc1ccc(Nc2cc3c(cc2C#CC2CCOCC2)CN=C3)cc1.Nc1ccc(F)cc1. The maximum Gasteiger partial charge on any atom is 0.123 e. The van der Waals surface area contributed by atoms with Crippen LogP contribution < -0.4 is 11.1 Å². The molecule has 9 heterocycles. The second-order valence-corrected chi connectivity index (χ2v) is 28.9. The van der Waals surface area contributed by atoms with Crippen molar-refractivity contribution in [3.63, 3.8) is 0 Å². The van der Waals surface area contributed by atoms with Gasteiger partial charge in [0, 0.05) is 145 Å². The first kappa shape index (κ1) is 96.0. The van der Waals surface area contributed by atoms with Crippen molar-refractivity contribution in [2.75, 3.05) is 63.9 Å². The molecule has 8 aliphatic heterocycles. The molecule has 17 heteroatoms. The fourth-order valence-electron chi connectivity index (χ4n) is 12.5. The normalized spacial score (nSPS) is 13.4. The second-order valence-electron chi connectivity index (χ2n) is 27.2. The van der Waals surface area contributed by atoms with Crippen molar-refractivity contribution >= 4 is 92.0 Å². The first-order chi connectivity index (χ1) is 60.7. The monoisotopic (exact) mass is 1750 g/mol. The molecule has 0 saturated carbocycles. The average molecular weight is 1750 g/mol. The Kier molecular flexibility index (Phi) is 42.1. The van der Waals surface area contributed by atoms with E-state index in [2.05, 4.69) is 260 Å². The summed E-state index contributed by atoms with van der Waals surface area (Å²) < 4.78 is 63.2. The summed E-state index contributed by atoms with van der Waals surface area (Å²) in [6.07, 6.45) is 35.5. The van der Waals surface area contributed by atoms with Crippen LogP contribution in [0.1, 0.15) is 133 Å². The summed E-state index contributed by atoms with van der Waals surface area (Å²) >= 11 is 15.5. The minimum Gasteiger partial charge on any atom is -0.399 e. The fraction of sp³-hybridized carbons (Fsp3) is 0.241. The number of ether oxygens (including phenoxy) is 4. The third kappa shape index (κ3) is 33.5. The molecule has 8 aliphatic rings. The van der Waals surface area contributed by atoms with Crippen LogP contribution in [0.3, 0.4) is 0 Å². The molecule has 0 atom stereocenters. The van der Waals surface area contributed by atoms with Crippen LogP contribution >= 0.6 is 39.1 Å². The summed E-state index contributed by atoms with van der Waals surface area (Å²) in [5, 5.41) is 6.06. The summed E-state index contributed by atoms with van der Waals surface area (Å²) in [5.41, 5.74) is 22.5. The van der Waals surface area contributed by atoms with Gasteiger partial charge in [0.15, 0.2) is 0 Å². The molecule has 0 spiro atoms. The molecule has 616 valence electrons. The van der Waals surface area contributed by atoms with E-state index in [4.69, 9.17) is 73.6 Å². The van der Waals surface area contributed by atoms with Crippen molar-refractivity contribution in [1.82, 2.24) is 4.57 Å². The van der Waals surface area contributed by atoms with E-state index in [9.17, 15) is 13.2 Å². The standard InChI is InChI=1S/2C21H19FN2O.C15H14ClNO.C15H4.C14H2.C8H5BrClN.C7H10O.C6H6FN.CH4/c22-18-1-3-19(4-2-18)24-20(14-5-7-25-8-6-14)10-15-9-16-12-23-13-17(16)11-21(15)24;22-19-3-5-20(6-4-19)24-21-12-18-14-23-13-17(18)11-16(21)2-1-15-7-9-25-10-8-15;16-15-8-14-10-17-9-13(14)7-12(15)2-1-11-3-5-18-6-4-11;1-3-5-7-9-11-13-15-14-12-10-8-6-4-2;1-3-5-7-9-11-13-14-12-10-8-6-4-2;9-7-1-5-3-11-4-6(5)2-8(7)10;1-2-7-3-5-8-6-4-7;7-5-1-3-6(8)4-2-5;/h1-4,9-11,13-14H,5-8,12H2;3-6,11-12,14-15,24H,7-10,13H2;7-8,10-11H,3-6,9H2;1H,2H3;1-2H;1-2,4H,3H2;1,7H,3-6H2;1-4H,8H2;1H4. The molecule has 11 nitrogen and oxygen atoms in total. The fourth-order valence-corrected chi connectivity index (χ4v) is 13.3. The zero-order valence-electron chi connectivity index (χ0n) is 67.9. The Morgan fingerprint density at radius 3 is 1.22 bits per heavy atom. The van der Waals surface area contributed by atoms with Crippen LogP contribution in [0.25, 0.3) is 16.6 Å². The van der Waals surface area contributed by atoms with Crippen LogP contribution in [0, 0.1) is 239 Å². The van der Waals surface area contributed by atoms with E-state index in [0.29, 0.717) is 35.9 Å². The van der Waals surface area contributed by atoms with Gasteiger partial charge in [0.2, 0.25) is 0 Å². The van der Waals surface area contributed by atoms with Gasteiger partial charge < -0.3 is 34.6 Å². The number of hydrogen-bond acceptors (Lipinski definition) is 10. The van der Waals surface area contributed by atoms with E-state index in [-0.39, 0.29) is 24.9 Å². The molecule has 0 amide bonds. The van der Waals surface area contributed by atoms with Crippen LogP contribution in [-0.2, 0) is 45.1 Å². The van der Waals surface area contributed by atoms with Crippen LogP contribution in [0.2, 0.25) is 10.0 Å². The molecule has 0 radical (unpaired) electrons. The van der Waals surface area contributed by atoms with Gasteiger partial charge in [-0.05, 0) is 388 Å². The second kappa shape index (κ2) is 54.8. The van der Waals surface area contributed by atoms with Crippen molar-refractivity contribution in [3.8, 4) is 209 Å². The van der Waals surface area contributed by atoms with E-state index in [1.807, 2.05) is 55.2 Å². The van der Waals surface area contributed by atoms with Gasteiger partial charge in [-0.3, -0.25) is 20.0 Å². The zero-order chi connectivity index (χ0) is 87.6. The number of fused-ring (bicyclic) bond motifs is 5. The van der Waals surface area contributed by atoms with E-state index in [1.54, 1.807) is 19.1 Å².